The van der Waals surface area contributed by atoms with Gasteiger partial charge in [0.05, 0.1) is 6.20 Å². The van der Waals surface area contributed by atoms with E-state index in [2.05, 4.69) is 25.9 Å². The molecule has 1 aliphatic heterocycles. The fourth-order valence-corrected chi connectivity index (χ4v) is 2.74. The number of nitrogens with one attached hydrogen (secondary N) is 3. The lowest BCUT2D eigenvalue weighted by Gasteiger charge is -2.17. The number of likely N-dealkylation sites (tertiary alicyclic amines) is 1. The van der Waals surface area contributed by atoms with Crippen molar-refractivity contribution in [2.45, 2.75) is 33.6 Å². The lowest BCUT2D eigenvalue weighted by atomic mass is 9.96. The van der Waals surface area contributed by atoms with Crippen LogP contribution in [0.3, 0.4) is 0 Å². The highest BCUT2D eigenvalue weighted by Gasteiger charge is 2.23. The first-order valence-corrected chi connectivity index (χ1v) is 9.99. The van der Waals surface area contributed by atoms with Crippen LogP contribution in [0.2, 0.25) is 0 Å². The van der Waals surface area contributed by atoms with Crippen molar-refractivity contribution in [1.82, 2.24) is 20.2 Å². The third-order valence-corrected chi connectivity index (χ3v) is 4.48. The molecule has 0 unspecified atom stereocenters. The molecule has 1 fully saturated rings. The Morgan fingerprint density at radius 1 is 0.968 bits per heavy atom. The predicted octanol–water partition coefficient (Wildman–Crippen LogP) is 3.59. The minimum absolute atomic E-state index is 0.178. The Bertz CT molecular complexity index is 949. The summed E-state index contributed by atoms with van der Waals surface area (Å²) in [5.74, 6) is 1.17. The van der Waals surface area contributed by atoms with Crippen LogP contribution < -0.4 is 20.7 Å². The molecule has 0 atom stereocenters. The molecule has 5 amide bonds. The lowest BCUT2D eigenvalue weighted by molar-refractivity contribution is -0.127. The van der Waals surface area contributed by atoms with E-state index in [-0.39, 0.29) is 11.8 Å². The molecule has 31 heavy (non-hydrogen) atoms. The van der Waals surface area contributed by atoms with E-state index in [1.807, 2.05) is 0 Å². The topological polar surface area (TPSA) is 126 Å². The van der Waals surface area contributed by atoms with Crippen molar-refractivity contribution < 1.29 is 19.1 Å². The van der Waals surface area contributed by atoms with Crippen LogP contribution in [0.5, 0.6) is 11.5 Å². The Morgan fingerprint density at radius 2 is 1.71 bits per heavy atom. The Hall–Kier alpha value is -3.69. The average molecular weight is 426 g/mol. The molecule has 3 N–H and O–H groups in total. The van der Waals surface area contributed by atoms with Gasteiger partial charge in [-0.1, -0.05) is 20.8 Å². The molecule has 0 aliphatic carbocycles. The van der Waals surface area contributed by atoms with Gasteiger partial charge in [0.25, 0.3) is 0 Å². The second-order valence-electron chi connectivity index (χ2n) is 8.14. The van der Waals surface area contributed by atoms with Gasteiger partial charge in [0.15, 0.2) is 0 Å². The fourth-order valence-electron chi connectivity index (χ4n) is 2.74. The molecule has 164 valence electrons. The van der Waals surface area contributed by atoms with Gasteiger partial charge in [-0.2, -0.15) is 0 Å². The number of urea groups is 2. The average Bonchev–Trinajstić information content (AvgIpc) is 3.24. The van der Waals surface area contributed by atoms with E-state index in [0.717, 1.165) is 25.9 Å². The van der Waals surface area contributed by atoms with Gasteiger partial charge >= 0.3 is 12.1 Å². The van der Waals surface area contributed by atoms with Gasteiger partial charge < -0.3 is 9.64 Å². The van der Waals surface area contributed by atoms with Crippen LogP contribution in [0.25, 0.3) is 0 Å². The van der Waals surface area contributed by atoms with Crippen molar-refractivity contribution in [3.8, 4) is 11.5 Å². The molecule has 3 rings (SSSR count). The standard InChI is InChI=1S/C21H26N6O4/c1-21(2,3)18(28)26-19(29)24-16-7-6-15(13-23-16)31-14-8-9-22-17(12-14)25-20(30)27-10-4-5-11-27/h6-9,12-13H,4-5,10-11H2,1-3H3,(H,22,25,30)(H2,23,24,26,28,29). The smallest absolute Gasteiger partial charge is 0.327 e. The monoisotopic (exact) mass is 426 g/mol. The van der Waals surface area contributed by atoms with Gasteiger partial charge in [0.2, 0.25) is 5.91 Å². The maximum absolute atomic E-state index is 12.2. The molecule has 0 saturated carbocycles. The van der Waals surface area contributed by atoms with Gasteiger partial charge in [-0.05, 0) is 31.0 Å². The fraction of sp³-hybridized carbons (Fsp3) is 0.381. The second-order valence-corrected chi connectivity index (χ2v) is 8.14. The van der Waals surface area contributed by atoms with Gasteiger partial charge in [0, 0.05) is 30.8 Å². The molecular formula is C21H26N6O4. The Kier molecular flexibility index (Phi) is 6.68. The number of hydrogen-bond acceptors (Lipinski definition) is 6. The number of carbonyl (C=O) groups is 3. The number of ether oxygens (including phenoxy) is 1. The summed E-state index contributed by atoms with van der Waals surface area (Å²) >= 11 is 0. The molecule has 3 heterocycles. The van der Waals surface area contributed by atoms with E-state index in [1.165, 1.54) is 12.4 Å². The number of carbonyl (C=O) groups excluding carboxylic acids is 3. The van der Waals surface area contributed by atoms with Crippen molar-refractivity contribution in [2.24, 2.45) is 5.41 Å². The maximum Gasteiger partial charge on any atom is 0.327 e. The van der Waals surface area contributed by atoms with Crippen LogP contribution in [0.15, 0.2) is 36.7 Å². The molecule has 0 aromatic carbocycles. The zero-order valence-electron chi connectivity index (χ0n) is 17.8. The van der Waals surface area contributed by atoms with E-state index in [0.29, 0.717) is 17.3 Å². The molecule has 0 bridgehead atoms. The van der Waals surface area contributed by atoms with Gasteiger partial charge in [-0.3, -0.25) is 20.7 Å². The van der Waals surface area contributed by atoms with Gasteiger partial charge in [-0.15, -0.1) is 0 Å². The molecule has 10 heteroatoms. The SMILES string of the molecule is CC(C)(C)C(=O)NC(=O)Nc1ccc(Oc2ccnc(NC(=O)N3CCCC3)c2)cn1. The Balaban J connectivity index is 1.55. The highest BCUT2D eigenvalue weighted by atomic mass is 16.5. The third-order valence-electron chi connectivity index (χ3n) is 4.48. The maximum atomic E-state index is 12.2. The summed E-state index contributed by atoms with van der Waals surface area (Å²) < 4.78 is 5.75. The first-order chi connectivity index (χ1) is 14.7. The van der Waals surface area contributed by atoms with Crippen molar-refractivity contribution in [2.75, 3.05) is 23.7 Å². The van der Waals surface area contributed by atoms with Crippen LogP contribution in [0.4, 0.5) is 21.2 Å². The number of pyridine rings is 2. The summed E-state index contributed by atoms with van der Waals surface area (Å²) in [5.41, 5.74) is -0.681. The summed E-state index contributed by atoms with van der Waals surface area (Å²) in [7, 11) is 0. The van der Waals surface area contributed by atoms with Crippen LogP contribution >= 0.6 is 0 Å². The largest absolute Gasteiger partial charge is 0.456 e. The summed E-state index contributed by atoms with van der Waals surface area (Å²) in [6.07, 6.45) is 4.99. The van der Waals surface area contributed by atoms with Gasteiger partial charge in [0.1, 0.15) is 23.1 Å². The molecule has 1 saturated heterocycles. The van der Waals surface area contributed by atoms with Crippen LogP contribution in [-0.4, -0.2) is 45.9 Å². The number of aromatic nitrogens is 2. The third kappa shape index (κ3) is 6.39. The normalized spacial score (nSPS) is 13.5. The molecule has 2 aromatic rings. The molecule has 2 aromatic heterocycles. The van der Waals surface area contributed by atoms with E-state index in [4.69, 9.17) is 4.74 Å². The van der Waals surface area contributed by atoms with Crippen molar-refractivity contribution >= 4 is 29.6 Å². The highest BCUT2D eigenvalue weighted by molar-refractivity contribution is 6.02. The lowest BCUT2D eigenvalue weighted by Crippen LogP contribution is -2.41. The van der Waals surface area contributed by atoms with E-state index in [1.54, 1.807) is 49.9 Å². The molecule has 10 nitrogen and oxygen atoms in total. The summed E-state index contributed by atoms with van der Waals surface area (Å²) in [6.45, 7) is 6.62. The quantitative estimate of drug-likeness (QED) is 0.686. The zero-order chi connectivity index (χ0) is 22.4. The number of anilines is 2. The first-order valence-electron chi connectivity index (χ1n) is 9.99. The van der Waals surface area contributed by atoms with Crippen LogP contribution in [0.1, 0.15) is 33.6 Å². The van der Waals surface area contributed by atoms with Gasteiger partial charge in [-0.25, -0.2) is 19.6 Å². The van der Waals surface area contributed by atoms with Crippen molar-refractivity contribution in [3.05, 3.63) is 36.7 Å². The van der Waals surface area contributed by atoms with Crippen molar-refractivity contribution in [1.29, 1.82) is 0 Å². The van der Waals surface area contributed by atoms with E-state index < -0.39 is 17.4 Å². The highest BCUT2D eigenvalue weighted by Crippen LogP contribution is 2.23. The zero-order valence-corrected chi connectivity index (χ0v) is 17.8. The molecule has 1 aliphatic rings. The first kappa shape index (κ1) is 22.0. The Morgan fingerprint density at radius 3 is 2.35 bits per heavy atom. The summed E-state index contributed by atoms with van der Waals surface area (Å²) in [6, 6.07) is 5.61. The number of amides is 5. The molecule has 0 radical (unpaired) electrons. The number of rotatable bonds is 4. The van der Waals surface area contributed by atoms with E-state index in [9.17, 15) is 14.4 Å². The second kappa shape index (κ2) is 9.41. The van der Waals surface area contributed by atoms with Crippen molar-refractivity contribution in [3.63, 3.8) is 0 Å². The molecular weight excluding hydrogens is 400 g/mol. The predicted molar refractivity (Wildman–Crippen MR) is 115 cm³/mol. The Labute approximate surface area is 180 Å². The minimum Gasteiger partial charge on any atom is -0.456 e. The van der Waals surface area contributed by atoms with Crippen LogP contribution in [0, 0.1) is 5.41 Å². The minimum atomic E-state index is -0.681. The summed E-state index contributed by atoms with van der Waals surface area (Å²) in [4.78, 5) is 45.9. The van der Waals surface area contributed by atoms with E-state index >= 15 is 0 Å². The van der Waals surface area contributed by atoms with Crippen LogP contribution in [-0.2, 0) is 4.79 Å². The number of hydrogen-bond donors (Lipinski definition) is 3. The number of nitrogens with zero attached hydrogens (tertiary/aromatic N) is 3. The summed E-state index contributed by atoms with van der Waals surface area (Å²) in [5, 5.41) is 7.52. The number of imide groups is 1. The molecule has 0 spiro atoms.